The molecular formula is C15H21FN2O2S. The number of benzene rings is 1. The minimum atomic E-state index is -3.76. The molecular weight excluding hydrogens is 291 g/mol. The smallest absolute Gasteiger partial charge is 0.243 e. The summed E-state index contributed by atoms with van der Waals surface area (Å²) < 4.78 is 40.7. The van der Waals surface area contributed by atoms with Gasteiger partial charge >= 0.3 is 0 Å². The van der Waals surface area contributed by atoms with Crippen molar-refractivity contribution in [2.45, 2.75) is 37.1 Å². The Morgan fingerprint density at radius 2 is 2.10 bits per heavy atom. The van der Waals surface area contributed by atoms with E-state index in [0.29, 0.717) is 18.0 Å². The molecule has 116 valence electrons. The van der Waals surface area contributed by atoms with Crippen LogP contribution in [0.2, 0.25) is 0 Å². The monoisotopic (exact) mass is 312 g/mol. The standard InChI is InChI=1S/C15H21FN2O2S/c1-11-2-5-15(14(16)8-11)21(19,20)17-9-12-6-7-18(10-12)13-3-4-13/h2,5,8,12-13,17H,3-4,6-7,9-10H2,1H3/t12-/m0/s1. The van der Waals surface area contributed by atoms with Crippen LogP contribution < -0.4 is 4.72 Å². The lowest BCUT2D eigenvalue weighted by molar-refractivity contribution is 0.314. The van der Waals surface area contributed by atoms with E-state index in [1.807, 2.05) is 0 Å². The summed E-state index contributed by atoms with van der Waals surface area (Å²) in [6.45, 7) is 4.12. The predicted octanol–water partition coefficient (Wildman–Crippen LogP) is 1.90. The third-order valence-electron chi connectivity index (χ3n) is 4.32. The first-order valence-electron chi connectivity index (χ1n) is 7.45. The maximum atomic E-state index is 13.8. The van der Waals surface area contributed by atoms with Crippen molar-refractivity contribution >= 4 is 10.0 Å². The molecule has 3 rings (SSSR count). The molecule has 1 N–H and O–H groups in total. The Kier molecular flexibility index (Phi) is 4.03. The van der Waals surface area contributed by atoms with E-state index in [0.717, 1.165) is 25.6 Å². The number of nitrogens with one attached hydrogen (secondary N) is 1. The molecule has 1 saturated heterocycles. The average molecular weight is 312 g/mol. The summed E-state index contributed by atoms with van der Waals surface area (Å²) in [7, 11) is -3.76. The van der Waals surface area contributed by atoms with E-state index in [9.17, 15) is 12.8 Å². The van der Waals surface area contributed by atoms with E-state index in [4.69, 9.17) is 0 Å². The molecule has 0 unspecified atom stereocenters. The first-order chi connectivity index (χ1) is 9.95. The van der Waals surface area contributed by atoms with Crippen LogP contribution in [0, 0.1) is 18.7 Å². The molecule has 1 aromatic carbocycles. The third kappa shape index (κ3) is 3.44. The van der Waals surface area contributed by atoms with Crippen molar-refractivity contribution in [3.63, 3.8) is 0 Å². The Morgan fingerprint density at radius 3 is 2.76 bits per heavy atom. The fraction of sp³-hybridized carbons (Fsp3) is 0.600. The van der Waals surface area contributed by atoms with E-state index in [-0.39, 0.29) is 4.90 Å². The highest BCUT2D eigenvalue weighted by molar-refractivity contribution is 7.89. The Bertz CT molecular complexity index is 629. The van der Waals surface area contributed by atoms with Gasteiger partial charge in [0.25, 0.3) is 0 Å². The van der Waals surface area contributed by atoms with Crippen LogP contribution in [-0.4, -0.2) is 39.0 Å². The summed E-state index contributed by atoms with van der Waals surface area (Å²) in [6, 6.07) is 4.92. The van der Waals surface area contributed by atoms with E-state index in [1.165, 1.54) is 25.0 Å². The molecule has 0 radical (unpaired) electrons. The fourth-order valence-electron chi connectivity index (χ4n) is 2.93. The Labute approximate surface area is 125 Å². The number of hydrogen-bond donors (Lipinski definition) is 1. The van der Waals surface area contributed by atoms with Crippen molar-refractivity contribution in [1.29, 1.82) is 0 Å². The van der Waals surface area contributed by atoms with Crippen LogP contribution in [0.5, 0.6) is 0 Å². The molecule has 6 heteroatoms. The largest absolute Gasteiger partial charge is 0.300 e. The van der Waals surface area contributed by atoms with Crippen molar-refractivity contribution in [2.24, 2.45) is 5.92 Å². The predicted molar refractivity (Wildman–Crippen MR) is 79.0 cm³/mol. The second-order valence-corrected chi connectivity index (χ2v) is 7.90. The second-order valence-electron chi connectivity index (χ2n) is 6.17. The fourth-order valence-corrected chi connectivity index (χ4v) is 4.10. The molecule has 1 aromatic rings. The summed E-state index contributed by atoms with van der Waals surface area (Å²) in [6.07, 6.45) is 3.55. The van der Waals surface area contributed by atoms with Crippen molar-refractivity contribution in [1.82, 2.24) is 9.62 Å². The summed E-state index contributed by atoms with van der Waals surface area (Å²) in [4.78, 5) is 2.18. The summed E-state index contributed by atoms with van der Waals surface area (Å²) in [5, 5.41) is 0. The zero-order chi connectivity index (χ0) is 15.0. The molecule has 0 spiro atoms. The molecule has 1 saturated carbocycles. The van der Waals surface area contributed by atoms with Crippen LogP contribution in [0.15, 0.2) is 23.1 Å². The van der Waals surface area contributed by atoms with Gasteiger partial charge in [-0.1, -0.05) is 6.07 Å². The third-order valence-corrected chi connectivity index (χ3v) is 5.78. The van der Waals surface area contributed by atoms with Crippen molar-refractivity contribution in [2.75, 3.05) is 19.6 Å². The first kappa shape index (κ1) is 14.9. The van der Waals surface area contributed by atoms with Gasteiger partial charge in [0.05, 0.1) is 0 Å². The molecule has 2 fully saturated rings. The van der Waals surface area contributed by atoms with Gasteiger partial charge in [0.2, 0.25) is 10.0 Å². The van der Waals surface area contributed by atoms with E-state index >= 15 is 0 Å². The van der Waals surface area contributed by atoms with Crippen LogP contribution in [0.1, 0.15) is 24.8 Å². The Balaban J connectivity index is 1.61. The quantitative estimate of drug-likeness (QED) is 0.903. The van der Waals surface area contributed by atoms with E-state index in [1.54, 1.807) is 13.0 Å². The van der Waals surface area contributed by atoms with Crippen molar-refractivity contribution < 1.29 is 12.8 Å². The van der Waals surface area contributed by atoms with Gasteiger partial charge in [-0.05, 0) is 56.3 Å². The van der Waals surface area contributed by atoms with E-state index in [2.05, 4.69) is 9.62 Å². The lowest BCUT2D eigenvalue weighted by atomic mass is 10.1. The molecule has 0 amide bonds. The lowest BCUT2D eigenvalue weighted by Crippen LogP contribution is -2.32. The zero-order valence-electron chi connectivity index (χ0n) is 12.2. The Morgan fingerprint density at radius 1 is 1.33 bits per heavy atom. The van der Waals surface area contributed by atoms with E-state index < -0.39 is 15.8 Å². The molecule has 2 aliphatic rings. The molecule has 1 atom stereocenters. The maximum Gasteiger partial charge on any atom is 0.243 e. The molecule has 1 heterocycles. The van der Waals surface area contributed by atoms with Crippen molar-refractivity contribution in [3.05, 3.63) is 29.6 Å². The number of hydrogen-bond acceptors (Lipinski definition) is 3. The van der Waals surface area contributed by atoms with Gasteiger partial charge < -0.3 is 4.90 Å². The summed E-state index contributed by atoms with van der Waals surface area (Å²) >= 11 is 0. The molecule has 4 nitrogen and oxygen atoms in total. The van der Waals surface area contributed by atoms with Gasteiger partial charge in [-0.2, -0.15) is 0 Å². The van der Waals surface area contributed by atoms with Crippen LogP contribution >= 0.6 is 0 Å². The average Bonchev–Trinajstić information content (AvgIpc) is 3.15. The van der Waals surface area contributed by atoms with Crippen LogP contribution in [0.4, 0.5) is 4.39 Å². The molecule has 21 heavy (non-hydrogen) atoms. The Hall–Kier alpha value is -0.980. The van der Waals surface area contributed by atoms with Crippen LogP contribution in [0.3, 0.4) is 0 Å². The molecule has 1 aliphatic carbocycles. The number of nitrogens with zero attached hydrogens (tertiary/aromatic N) is 1. The van der Waals surface area contributed by atoms with Crippen LogP contribution in [-0.2, 0) is 10.0 Å². The van der Waals surface area contributed by atoms with Gasteiger partial charge in [0.1, 0.15) is 10.7 Å². The molecule has 1 aliphatic heterocycles. The number of sulfonamides is 1. The lowest BCUT2D eigenvalue weighted by Gasteiger charge is -2.15. The van der Waals surface area contributed by atoms with Gasteiger partial charge in [-0.25, -0.2) is 17.5 Å². The van der Waals surface area contributed by atoms with Crippen molar-refractivity contribution in [3.8, 4) is 0 Å². The minimum absolute atomic E-state index is 0.259. The maximum absolute atomic E-state index is 13.8. The summed E-state index contributed by atoms with van der Waals surface area (Å²) in [5.41, 5.74) is 0.710. The minimum Gasteiger partial charge on any atom is -0.300 e. The van der Waals surface area contributed by atoms with Gasteiger partial charge in [-0.3, -0.25) is 0 Å². The highest BCUT2D eigenvalue weighted by atomic mass is 32.2. The number of aryl methyl sites for hydroxylation is 1. The second kappa shape index (κ2) is 5.66. The topological polar surface area (TPSA) is 49.4 Å². The number of halogens is 1. The molecule has 0 aromatic heterocycles. The van der Waals surface area contributed by atoms with Gasteiger partial charge in [-0.15, -0.1) is 0 Å². The highest BCUT2D eigenvalue weighted by Crippen LogP contribution is 2.31. The van der Waals surface area contributed by atoms with Gasteiger partial charge in [0, 0.05) is 19.1 Å². The van der Waals surface area contributed by atoms with Gasteiger partial charge in [0.15, 0.2) is 0 Å². The normalized spacial score (nSPS) is 23.6. The molecule has 0 bridgehead atoms. The zero-order valence-corrected chi connectivity index (χ0v) is 13.0. The first-order valence-corrected chi connectivity index (χ1v) is 8.94. The summed E-state index contributed by atoms with van der Waals surface area (Å²) in [5.74, 6) is -0.359. The number of rotatable bonds is 5. The van der Waals surface area contributed by atoms with Crippen LogP contribution in [0.25, 0.3) is 0 Å². The SMILES string of the molecule is Cc1ccc(S(=O)(=O)NC[C@@H]2CCN(C3CC3)C2)c(F)c1. The highest BCUT2D eigenvalue weighted by Gasteiger charge is 2.34. The number of likely N-dealkylation sites (tertiary alicyclic amines) is 1.